The Morgan fingerprint density at radius 2 is 1.82 bits per heavy atom. The number of amides is 2. The molecule has 92 valence electrons. The molecule has 1 aromatic carbocycles. The van der Waals surface area contributed by atoms with Crippen molar-refractivity contribution in [2.24, 2.45) is 0 Å². The van der Waals surface area contributed by atoms with Crippen LogP contribution in [-0.4, -0.2) is 17.9 Å². The highest BCUT2D eigenvalue weighted by atomic mass is 19.1. The highest BCUT2D eigenvalue weighted by Gasteiger charge is 2.15. The minimum atomic E-state index is -0.753. The number of carbonyl (C=O) groups is 2. The van der Waals surface area contributed by atoms with E-state index in [9.17, 15) is 14.0 Å². The fourth-order valence-electron chi connectivity index (χ4n) is 1.11. The zero-order chi connectivity index (χ0) is 12.8. The second-order valence-electron chi connectivity index (χ2n) is 3.74. The maximum absolute atomic E-state index is 12.6. The van der Waals surface area contributed by atoms with Gasteiger partial charge in [0, 0.05) is 11.7 Å². The summed E-state index contributed by atoms with van der Waals surface area (Å²) in [5, 5.41) is 4.92. The van der Waals surface area contributed by atoms with E-state index >= 15 is 0 Å². The lowest BCUT2D eigenvalue weighted by Gasteiger charge is -2.11. The Kier molecular flexibility index (Phi) is 4.63. The van der Waals surface area contributed by atoms with E-state index in [0.29, 0.717) is 5.69 Å². The van der Waals surface area contributed by atoms with Gasteiger partial charge >= 0.3 is 11.8 Å². The van der Waals surface area contributed by atoms with Crippen LogP contribution in [0.4, 0.5) is 10.1 Å². The van der Waals surface area contributed by atoms with Crippen LogP contribution in [-0.2, 0) is 9.59 Å². The van der Waals surface area contributed by atoms with Crippen molar-refractivity contribution in [1.29, 1.82) is 0 Å². The second kappa shape index (κ2) is 5.98. The van der Waals surface area contributed by atoms with Gasteiger partial charge in [-0.1, -0.05) is 6.92 Å². The van der Waals surface area contributed by atoms with Gasteiger partial charge in [-0.25, -0.2) is 4.39 Å². The van der Waals surface area contributed by atoms with Crippen LogP contribution in [0.3, 0.4) is 0 Å². The van der Waals surface area contributed by atoms with Crippen LogP contribution in [0.25, 0.3) is 0 Å². The zero-order valence-electron chi connectivity index (χ0n) is 9.79. The number of hydrogen-bond acceptors (Lipinski definition) is 2. The summed E-state index contributed by atoms with van der Waals surface area (Å²) in [7, 11) is 0. The number of anilines is 1. The topological polar surface area (TPSA) is 58.2 Å². The van der Waals surface area contributed by atoms with Crippen molar-refractivity contribution in [3.63, 3.8) is 0 Å². The van der Waals surface area contributed by atoms with Crippen LogP contribution < -0.4 is 10.6 Å². The van der Waals surface area contributed by atoms with Crippen LogP contribution in [0.1, 0.15) is 20.3 Å². The van der Waals surface area contributed by atoms with Crippen molar-refractivity contribution in [2.75, 3.05) is 5.32 Å². The third-order valence-electron chi connectivity index (χ3n) is 2.30. The highest BCUT2D eigenvalue weighted by molar-refractivity contribution is 6.39. The van der Waals surface area contributed by atoms with Gasteiger partial charge in [0.15, 0.2) is 0 Å². The Morgan fingerprint density at radius 3 is 2.35 bits per heavy atom. The molecule has 0 aliphatic rings. The fourth-order valence-corrected chi connectivity index (χ4v) is 1.11. The van der Waals surface area contributed by atoms with E-state index in [-0.39, 0.29) is 6.04 Å². The van der Waals surface area contributed by atoms with E-state index < -0.39 is 17.6 Å². The summed E-state index contributed by atoms with van der Waals surface area (Å²) in [5.41, 5.74) is 0.385. The smallest absolute Gasteiger partial charge is 0.313 e. The molecule has 0 fully saturated rings. The average Bonchev–Trinajstić information content (AvgIpc) is 2.31. The molecule has 0 saturated heterocycles. The molecule has 1 unspecified atom stereocenters. The third kappa shape index (κ3) is 4.22. The number of carbonyl (C=O) groups excluding carboxylic acids is 2. The molecule has 0 aromatic heterocycles. The molecule has 4 nitrogen and oxygen atoms in total. The first-order chi connectivity index (χ1) is 8.02. The molecule has 0 radical (unpaired) electrons. The van der Waals surface area contributed by atoms with E-state index in [0.717, 1.165) is 6.42 Å². The second-order valence-corrected chi connectivity index (χ2v) is 3.74. The molecule has 1 aromatic rings. The Labute approximate surface area is 99.2 Å². The Balaban J connectivity index is 2.54. The lowest BCUT2D eigenvalue weighted by atomic mass is 10.2. The molecule has 0 bridgehead atoms. The number of hydrogen-bond donors (Lipinski definition) is 2. The van der Waals surface area contributed by atoms with Gasteiger partial charge in [0.1, 0.15) is 5.82 Å². The molecule has 1 atom stereocenters. The van der Waals surface area contributed by atoms with Crippen LogP contribution >= 0.6 is 0 Å². The Bertz CT molecular complexity index is 403. The number of benzene rings is 1. The minimum absolute atomic E-state index is 0.0542. The lowest BCUT2D eigenvalue weighted by Crippen LogP contribution is -2.40. The largest absolute Gasteiger partial charge is 0.345 e. The summed E-state index contributed by atoms with van der Waals surface area (Å²) in [6.07, 6.45) is 0.746. The molecule has 0 aliphatic heterocycles. The molecular formula is C12H15FN2O2. The van der Waals surface area contributed by atoms with Gasteiger partial charge in [-0.2, -0.15) is 0 Å². The van der Waals surface area contributed by atoms with Gasteiger partial charge < -0.3 is 10.6 Å². The maximum Gasteiger partial charge on any atom is 0.313 e. The average molecular weight is 238 g/mol. The van der Waals surface area contributed by atoms with Gasteiger partial charge in [-0.3, -0.25) is 9.59 Å². The molecule has 17 heavy (non-hydrogen) atoms. The van der Waals surface area contributed by atoms with Gasteiger partial charge in [0.25, 0.3) is 0 Å². The van der Waals surface area contributed by atoms with Gasteiger partial charge in [0.05, 0.1) is 0 Å². The Morgan fingerprint density at radius 1 is 1.24 bits per heavy atom. The monoisotopic (exact) mass is 238 g/mol. The lowest BCUT2D eigenvalue weighted by molar-refractivity contribution is -0.136. The van der Waals surface area contributed by atoms with E-state index in [4.69, 9.17) is 0 Å². The maximum atomic E-state index is 12.6. The molecule has 0 heterocycles. The van der Waals surface area contributed by atoms with Crippen molar-refractivity contribution >= 4 is 17.5 Å². The van der Waals surface area contributed by atoms with Crippen molar-refractivity contribution in [3.05, 3.63) is 30.1 Å². The third-order valence-corrected chi connectivity index (χ3v) is 2.30. The predicted molar refractivity (Wildman–Crippen MR) is 62.9 cm³/mol. The molecule has 0 spiro atoms. The molecule has 1 rings (SSSR count). The van der Waals surface area contributed by atoms with E-state index in [1.54, 1.807) is 0 Å². The highest BCUT2D eigenvalue weighted by Crippen LogP contribution is 2.07. The normalized spacial score (nSPS) is 11.7. The zero-order valence-corrected chi connectivity index (χ0v) is 9.79. The summed E-state index contributed by atoms with van der Waals surface area (Å²) in [6.45, 7) is 3.71. The minimum Gasteiger partial charge on any atom is -0.345 e. The van der Waals surface area contributed by atoms with Crippen molar-refractivity contribution < 1.29 is 14.0 Å². The van der Waals surface area contributed by atoms with E-state index in [2.05, 4.69) is 10.6 Å². The van der Waals surface area contributed by atoms with Gasteiger partial charge in [0.2, 0.25) is 0 Å². The predicted octanol–water partition coefficient (Wildman–Crippen LogP) is 1.68. The van der Waals surface area contributed by atoms with Gasteiger partial charge in [-0.05, 0) is 37.6 Å². The van der Waals surface area contributed by atoms with Crippen LogP contribution in [0.5, 0.6) is 0 Å². The van der Waals surface area contributed by atoms with E-state index in [1.165, 1.54) is 24.3 Å². The van der Waals surface area contributed by atoms with Crippen LogP contribution in [0, 0.1) is 5.82 Å². The van der Waals surface area contributed by atoms with E-state index in [1.807, 2.05) is 13.8 Å². The summed E-state index contributed by atoms with van der Waals surface area (Å²) in [4.78, 5) is 22.8. The number of nitrogens with one attached hydrogen (secondary N) is 2. The first kappa shape index (κ1) is 13.2. The molecule has 0 saturated carbocycles. The van der Waals surface area contributed by atoms with Crippen molar-refractivity contribution in [3.8, 4) is 0 Å². The fraction of sp³-hybridized carbons (Fsp3) is 0.333. The summed E-state index contributed by atoms with van der Waals surface area (Å²) in [5.74, 6) is -1.84. The van der Waals surface area contributed by atoms with Crippen LogP contribution in [0.15, 0.2) is 24.3 Å². The SMILES string of the molecule is CCC(C)NC(=O)C(=O)Nc1ccc(F)cc1. The first-order valence-electron chi connectivity index (χ1n) is 5.40. The first-order valence-corrected chi connectivity index (χ1v) is 5.40. The molecular weight excluding hydrogens is 223 g/mol. The standard InChI is InChI=1S/C12H15FN2O2/c1-3-8(2)14-11(16)12(17)15-10-6-4-9(13)5-7-10/h4-8H,3H2,1-2H3,(H,14,16)(H,15,17). The molecule has 2 N–H and O–H groups in total. The summed E-state index contributed by atoms with van der Waals surface area (Å²) in [6, 6.07) is 5.15. The quantitative estimate of drug-likeness (QED) is 0.787. The summed E-state index contributed by atoms with van der Waals surface area (Å²) < 4.78 is 12.6. The Hall–Kier alpha value is -1.91. The summed E-state index contributed by atoms with van der Waals surface area (Å²) >= 11 is 0. The molecule has 2 amide bonds. The number of halogens is 1. The number of rotatable bonds is 3. The van der Waals surface area contributed by atoms with Crippen molar-refractivity contribution in [2.45, 2.75) is 26.3 Å². The van der Waals surface area contributed by atoms with Gasteiger partial charge in [-0.15, -0.1) is 0 Å². The van der Waals surface area contributed by atoms with Crippen molar-refractivity contribution in [1.82, 2.24) is 5.32 Å². The molecule has 0 aliphatic carbocycles. The molecule has 5 heteroatoms. The van der Waals surface area contributed by atoms with Crippen LogP contribution in [0.2, 0.25) is 0 Å².